The zero-order valence-corrected chi connectivity index (χ0v) is 21.1. The van der Waals surface area contributed by atoms with E-state index in [0.29, 0.717) is 29.8 Å². The molecule has 0 unspecified atom stereocenters. The standard InChI is InChI=1S/C27H32ClN5O3/c28-24-7-5-20(6-8-24)26-30-25(36-31-26)19-32-11-9-21(10-12-32)27(34)29-17-22-3-1-2-4-23(22)18-33-13-15-35-16-14-33/h1-8,21H,9-19H2,(H,29,34). The smallest absolute Gasteiger partial charge is 0.241 e. The summed E-state index contributed by atoms with van der Waals surface area (Å²) >= 11 is 5.96. The number of rotatable bonds is 8. The first-order valence-electron chi connectivity index (χ1n) is 12.6. The first-order chi connectivity index (χ1) is 17.6. The molecule has 190 valence electrons. The van der Waals surface area contributed by atoms with Crippen LogP contribution in [-0.2, 0) is 29.2 Å². The van der Waals surface area contributed by atoms with Gasteiger partial charge in [0, 0.05) is 42.7 Å². The fourth-order valence-electron chi connectivity index (χ4n) is 4.79. The highest BCUT2D eigenvalue weighted by atomic mass is 35.5. The lowest BCUT2D eigenvalue weighted by molar-refractivity contribution is -0.126. The number of morpholine rings is 1. The van der Waals surface area contributed by atoms with Gasteiger partial charge in [-0.2, -0.15) is 4.98 Å². The molecule has 0 bridgehead atoms. The molecular formula is C27H32ClN5O3. The fourth-order valence-corrected chi connectivity index (χ4v) is 4.92. The molecule has 2 aliphatic heterocycles. The zero-order chi connectivity index (χ0) is 24.7. The quantitative estimate of drug-likeness (QED) is 0.495. The molecule has 2 fully saturated rings. The summed E-state index contributed by atoms with van der Waals surface area (Å²) in [4.78, 5) is 22.1. The number of hydrogen-bond donors (Lipinski definition) is 1. The van der Waals surface area contributed by atoms with Crippen LogP contribution in [0.1, 0.15) is 29.9 Å². The summed E-state index contributed by atoms with van der Waals surface area (Å²) in [6.45, 7) is 7.16. The van der Waals surface area contributed by atoms with Crippen LogP contribution in [0.25, 0.3) is 11.4 Å². The van der Waals surface area contributed by atoms with Gasteiger partial charge in [-0.15, -0.1) is 0 Å². The van der Waals surface area contributed by atoms with Gasteiger partial charge in [0.1, 0.15) is 0 Å². The molecule has 5 rings (SSSR count). The Kier molecular flexibility index (Phi) is 8.28. The Morgan fingerprint density at radius 3 is 2.39 bits per heavy atom. The molecule has 0 atom stereocenters. The van der Waals surface area contributed by atoms with Gasteiger partial charge in [0.05, 0.1) is 19.8 Å². The molecule has 3 aromatic rings. The number of nitrogens with one attached hydrogen (secondary N) is 1. The van der Waals surface area contributed by atoms with Crippen molar-refractivity contribution >= 4 is 17.5 Å². The van der Waals surface area contributed by atoms with E-state index in [4.69, 9.17) is 20.9 Å². The fraction of sp³-hybridized carbons (Fsp3) is 0.444. The minimum absolute atomic E-state index is 0.0277. The third kappa shape index (κ3) is 6.50. The van der Waals surface area contributed by atoms with Crippen molar-refractivity contribution in [3.05, 3.63) is 70.6 Å². The second-order valence-corrected chi connectivity index (χ2v) is 9.88. The van der Waals surface area contributed by atoms with Gasteiger partial charge in [0.15, 0.2) is 0 Å². The minimum Gasteiger partial charge on any atom is -0.379 e. The van der Waals surface area contributed by atoms with Crippen molar-refractivity contribution < 1.29 is 14.1 Å². The van der Waals surface area contributed by atoms with Crippen LogP contribution >= 0.6 is 11.6 Å². The Hall–Kier alpha value is -2.78. The maximum atomic E-state index is 12.9. The second-order valence-electron chi connectivity index (χ2n) is 9.44. The van der Waals surface area contributed by atoms with Crippen LogP contribution in [0.15, 0.2) is 53.1 Å². The van der Waals surface area contributed by atoms with Gasteiger partial charge in [0.2, 0.25) is 17.6 Å². The SMILES string of the molecule is O=C(NCc1ccccc1CN1CCOCC1)C1CCN(Cc2nc(-c3ccc(Cl)cc3)no2)CC1. The lowest BCUT2D eigenvalue weighted by Crippen LogP contribution is -2.40. The van der Waals surface area contributed by atoms with Crippen molar-refractivity contribution in [2.24, 2.45) is 5.92 Å². The molecule has 2 aromatic carbocycles. The van der Waals surface area contributed by atoms with Crippen LogP contribution in [0.2, 0.25) is 5.02 Å². The van der Waals surface area contributed by atoms with E-state index >= 15 is 0 Å². The maximum absolute atomic E-state index is 12.9. The molecule has 1 N–H and O–H groups in total. The Balaban J connectivity index is 1.08. The largest absolute Gasteiger partial charge is 0.379 e. The van der Waals surface area contributed by atoms with E-state index in [-0.39, 0.29) is 11.8 Å². The van der Waals surface area contributed by atoms with Crippen LogP contribution in [0.3, 0.4) is 0 Å². The van der Waals surface area contributed by atoms with Crippen molar-refractivity contribution in [2.45, 2.75) is 32.5 Å². The molecule has 3 heterocycles. The number of piperidine rings is 1. The van der Waals surface area contributed by atoms with Gasteiger partial charge in [-0.25, -0.2) is 0 Å². The van der Waals surface area contributed by atoms with Gasteiger partial charge in [-0.1, -0.05) is 41.0 Å². The van der Waals surface area contributed by atoms with E-state index in [1.807, 2.05) is 30.3 Å². The Morgan fingerprint density at radius 1 is 0.944 bits per heavy atom. The first kappa shape index (κ1) is 24.9. The van der Waals surface area contributed by atoms with E-state index < -0.39 is 0 Å². The van der Waals surface area contributed by atoms with Crippen molar-refractivity contribution in [2.75, 3.05) is 39.4 Å². The monoisotopic (exact) mass is 509 g/mol. The van der Waals surface area contributed by atoms with Crippen LogP contribution in [0.4, 0.5) is 0 Å². The Bertz CT molecular complexity index is 1140. The predicted molar refractivity (Wildman–Crippen MR) is 137 cm³/mol. The number of ether oxygens (including phenoxy) is 1. The second kappa shape index (κ2) is 12.0. The average Bonchev–Trinajstić information content (AvgIpc) is 3.38. The number of nitrogens with zero attached hydrogens (tertiary/aromatic N) is 4. The highest BCUT2D eigenvalue weighted by molar-refractivity contribution is 6.30. The van der Waals surface area contributed by atoms with Crippen LogP contribution in [0, 0.1) is 5.92 Å². The number of halogens is 1. The number of carbonyl (C=O) groups excluding carboxylic acids is 1. The predicted octanol–water partition coefficient (Wildman–Crippen LogP) is 3.75. The summed E-state index contributed by atoms with van der Waals surface area (Å²) < 4.78 is 10.9. The van der Waals surface area contributed by atoms with Gasteiger partial charge in [0.25, 0.3) is 0 Å². The highest BCUT2D eigenvalue weighted by Gasteiger charge is 2.26. The number of hydrogen-bond acceptors (Lipinski definition) is 7. The molecule has 0 saturated carbocycles. The van der Waals surface area contributed by atoms with Crippen LogP contribution < -0.4 is 5.32 Å². The van der Waals surface area contributed by atoms with E-state index in [9.17, 15) is 4.79 Å². The summed E-state index contributed by atoms with van der Waals surface area (Å²) in [5, 5.41) is 7.95. The van der Waals surface area contributed by atoms with Crippen molar-refractivity contribution in [3.63, 3.8) is 0 Å². The summed E-state index contributed by atoms with van der Waals surface area (Å²) in [7, 11) is 0. The molecule has 9 heteroatoms. The number of likely N-dealkylation sites (tertiary alicyclic amines) is 1. The normalized spacial score (nSPS) is 17.8. The molecule has 2 aliphatic rings. The summed E-state index contributed by atoms with van der Waals surface area (Å²) in [6, 6.07) is 15.8. The highest BCUT2D eigenvalue weighted by Crippen LogP contribution is 2.22. The van der Waals surface area contributed by atoms with E-state index in [2.05, 4.69) is 43.5 Å². The number of carbonyl (C=O) groups is 1. The maximum Gasteiger partial charge on any atom is 0.241 e. The lowest BCUT2D eigenvalue weighted by atomic mass is 9.95. The van der Waals surface area contributed by atoms with Crippen molar-refractivity contribution in [3.8, 4) is 11.4 Å². The van der Waals surface area contributed by atoms with Crippen molar-refractivity contribution in [1.29, 1.82) is 0 Å². The third-order valence-electron chi connectivity index (χ3n) is 6.96. The van der Waals surface area contributed by atoms with Gasteiger partial charge < -0.3 is 14.6 Å². The topological polar surface area (TPSA) is 83.7 Å². The van der Waals surface area contributed by atoms with E-state index in [1.165, 1.54) is 11.1 Å². The van der Waals surface area contributed by atoms with Gasteiger partial charge in [-0.05, 0) is 61.3 Å². The molecule has 0 radical (unpaired) electrons. The molecule has 36 heavy (non-hydrogen) atoms. The van der Waals surface area contributed by atoms with Crippen molar-refractivity contribution in [1.82, 2.24) is 25.3 Å². The molecular weight excluding hydrogens is 478 g/mol. The van der Waals surface area contributed by atoms with Crippen LogP contribution in [-0.4, -0.2) is 65.2 Å². The molecule has 0 spiro atoms. The summed E-state index contributed by atoms with van der Waals surface area (Å²) in [5.41, 5.74) is 3.33. The zero-order valence-electron chi connectivity index (χ0n) is 20.4. The molecule has 8 nitrogen and oxygen atoms in total. The van der Waals surface area contributed by atoms with Gasteiger partial charge in [-0.3, -0.25) is 14.6 Å². The van der Waals surface area contributed by atoms with E-state index in [1.54, 1.807) is 0 Å². The number of benzene rings is 2. The Morgan fingerprint density at radius 2 is 1.64 bits per heavy atom. The average molecular weight is 510 g/mol. The third-order valence-corrected chi connectivity index (χ3v) is 7.21. The number of amides is 1. The summed E-state index contributed by atoms with van der Waals surface area (Å²) in [5.74, 6) is 1.31. The molecule has 0 aliphatic carbocycles. The molecule has 1 amide bonds. The number of aromatic nitrogens is 2. The van der Waals surface area contributed by atoms with E-state index in [0.717, 1.165) is 64.3 Å². The lowest BCUT2D eigenvalue weighted by Gasteiger charge is -2.30. The molecule has 2 saturated heterocycles. The Labute approximate surface area is 216 Å². The first-order valence-corrected chi connectivity index (χ1v) is 13.0. The van der Waals surface area contributed by atoms with Crippen LogP contribution in [0.5, 0.6) is 0 Å². The minimum atomic E-state index is 0.0277. The summed E-state index contributed by atoms with van der Waals surface area (Å²) in [6.07, 6.45) is 1.64. The molecule has 1 aromatic heterocycles. The van der Waals surface area contributed by atoms with Gasteiger partial charge >= 0.3 is 0 Å².